The molecule has 0 atom stereocenters. The number of para-hydroxylation sites is 3. The standard InChI is InChI=1S/C56H35BN2/c1-55(2)40-22-8-7-19-37(40)50-45(55)31-49-52-51(50)38-21-13-20-36-39-29-32-15-3-4-16-33(32)30-48(39)59(53(36)38)57(52)46-27-14-26-44-54(46)58(49)47-28-12-11-25-43(47)56(44)41-23-9-5-17-34(41)35-18-6-10-24-42(35)56/h3-31H,1-2H3. The molecule has 2 aliphatic carbocycles. The summed E-state index contributed by atoms with van der Waals surface area (Å²) in [7, 11) is 0. The monoisotopic (exact) mass is 746 g/mol. The number of anilines is 3. The van der Waals surface area contributed by atoms with Crippen molar-refractivity contribution in [1.82, 2.24) is 4.48 Å². The van der Waals surface area contributed by atoms with E-state index in [1.165, 1.54) is 127 Å². The fraction of sp³-hybridized carbons (Fsp3) is 0.0714. The van der Waals surface area contributed by atoms with Crippen LogP contribution in [-0.4, -0.2) is 11.3 Å². The fourth-order valence-corrected chi connectivity index (χ4v) is 12.9. The van der Waals surface area contributed by atoms with Gasteiger partial charge in [-0.15, -0.1) is 0 Å². The van der Waals surface area contributed by atoms with Crippen LogP contribution >= 0.6 is 0 Å². The van der Waals surface area contributed by atoms with Crippen molar-refractivity contribution in [3.05, 3.63) is 209 Å². The summed E-state index contributed by atoms with van der Waals surface area (Å²) in [5.74, 6) is 0. The largest absolute Gasteiger partial charge is 0.375 e. The molecule has 2 nitrogen and oxygen atoms in total. The Hall–Kier alpha value is -7.10. The minimum atomic E-state index is -0.477. The summed E-state index contributed by atoms with van der Waals surface area (Å²) in [6.45, 7) is 4.83. The molecule has 0 saturated carbocycles. The summed E-state index contributed by atoms with van der Waals surface area (Å²) in [5, 5.41) is 5.20. The lowest BCUT2D eigenvalue weighted by Crippen LogP contribution is -2.58. The summed E-state index contributed by atoms with van der Waals surface area (Å²) in [4.78, 5) is 2.69. The molecular weight excluding hydrogens is 711 g/mol. The lowest BCUT2D eigenvalue weighted by Gasteiger charge is -2.50. The van der Waals surface area contributed by atoms with Crippen LogP contribution < -0.4 is 15.8 Å². The van der Waals surface area contributed by atoms with Gasteiger partial charge in [-0.25, -0.2) is 0 Å². The Morgan fingerprint density at radius 3 is 1.83 bits per heavy atom. The second kappa shape index (κ2) is 10.1. The molecule has 0 bridgehead atoms. The smallest absolute Gasteiger partial charge is 0.333 e. The highest BCUT2D eigenvalue weighted by Gasteiger charge is 2.56. The zero-order valence-corrected chi connectivity index (χ0v) is 32.7. The van der Waals surface area contributed by atoms with Crippen LogP contribution in [0.25, 0.3) is 66.0 Å². The van der Waals surface area contributed by atoms with Crippen molar-refractivity contribution in [2.45, 2.75) is 24.7 Å². The average Bonchev–Trinajstić information content (AvgIpc) is 3.85. The van der Waals surface area contributed by atoms with E-state index < -0.39 is 5.41 Å². The molecule has 1 spiro atoms. The van der Waals surface area contributed by atoms with Crippen molar-refractivity contribution in [2.24, 2.45) is 0 Å². The van der Waals surface area contributed by atoms with Gasteiger partial charge in [0, 0.05) is 44.2 Å². The first-order chi connectivity index (χ1) is 29.1. The first-order valence-corrected chi connectivity index (χ1v) is 21.1. The van der Waals surface area contributed by atoms with Crippen LogP contribution in [0.5, 0.6) is 0 Å². The molecule has 0 fully saturated rings. The van der Waals surface area contributed by atoms with E-state index >= 15 is 0 Å². The van der Waals surface area contributed by atoms with Crippen molar-refractivity contribution in [3.63, 3.8) is 0 Å². The highest BCUT2D eigenvalue weighted by Crippen LogP contribution is 2.65. The predicted octanol–water partition coefficient (Wildman–Crippen LogP) is 12.3. The molecule has 0 amide bonds. The Morgan fingerprint density at radius 2 is 1.05 bits per heavy atom. The first-order valence-electron chi connectivity index (χ1n) is 21.1. The van der Waals surface area contributed by atoms with E-state index in [2.05, 4.69) is 199 Å². The second-order valence-electron chi connectivity index (χ2n) is 17.9. The Kier molecular flexibility index (Phi) is 5.31. The molecule has 9 aromatic carbocycles. The lowest BCUT2D eigenvalue weighted by molar-refractivity contribution is 0.660. The van der Waals surface area contributed by atoms with Crippen molar-refractivity contribution in [3.8, 4) is 33.4 Å². The third-order valence-electron chi connectivity index (χ3n) is 15.1. The number of nitrogens with zero attached hydrogens (tertiary/aromatic N) is 2. The van der Waals surface area contributed by atoms with Gasteiger partial charge in [-0.3, -0.25) is 0 Å². The highest BCUT2D eigenvalue weighted by atomic mass is 15.2. The fourth-order valence-electron chi connectivity index (χ4n) is 12.9. The number of hydrogen-bond acceptors (Lipinski definition) is 1. The van der Waals surface area contributed by atoms with E-state index in [-0.39, 0.29) is 12.3 Å². The molecule has 0 radical (unpaired) electrons. The minimum absolute atomic E-state index is 0.0439. The van der Waals surface area contributed by atoms with Crippen LogP contribution in [0.3, 0.4) is 0 Å². The van der Waals surface area contributed by atoms with E-state index in [9.17, 15) is 0 Å². The third kappa shape index (κ3) is 3.31. The zero-order valence-electron chi connectivity index (χ0n) is 32.7. The maximum absolute atomic E-state index is 2.74. The van der Waals surface area contributed by atoms with Gasteiger partial charge in [0.1, 0.15) is 0 Å². The van der Waals surface area contributed by atoms with Crippen LogP contribution in [0.4, 0.5) is 17.1 Å². The molecule has 3 aliphatic heterocycles. The molecule has 10 aromatic rings. The third-order valence-corrected chi connectivity index (χ3v) is 15.1. The van der Waals surface area contributed by atoms with Gasteiger partial charge in [0.2, 0.25) is 0 Å². The van der Waals surface area contributed by atoms with E-state index in [1.54, 1.807) is 0 Å². The van der Waals surface area contributed by atoms with Crippen LogP contribution in [-0.2, 0) is 10.8 Å². The molecule has 5 aliphatic rings. The Labute approximate surface area is 342 Å². The Bertz CT molecular complexity index is 3580. The number of hydrogen-bond donors (Lipinski definition) is 0. The van der Waals surface area contributed by atoms with Crippen molar-refractivity contribution >= 4 is 67.4 Å². The van der Waals surface area contributed by atoms with Crippen LogP contribution in [0, 0.1) is 0 Å². The summed E-state index contributed by atoms with van der Waals surface area (Å²) in [6, 6.07) is 67.6. The molecule has 0 N–H and O–H groups in total. The topological polar surface area (TPSA) is 8.17 Å². The van der Waals surface area contributed by atoms with E-state index in [0.29, 0.717) is 0 Å². The highest BCUT2D eigenvalue weighted by molar-refractivity contribution is 6.90. The maximum Gasteiger partial charge on any atom is 0.333 e. The molecule has 4 heterocycles. The van der Waals surface area contributed by atoms with Crippen LogP contribution in [0.15, 0.2) is 176 Å². The molecule has 1 aromatic heterocycles. The average molecular weight is 747 g/mol. The number of benzene rings is 9. The predicted molar refractivity (Wildman–Crippen MR) is 246 cm³/mol. The van der Waals surface area contributed by atoms with Gasteiger partial charge < -0.3 is 9.38 Å². The normalized spacial score (nSPS) is 15.8. The van der Waals surface area contributed by atoms with Gasteiger partial charge in [0.25, 0.3) is 0 Å². The van der Waals surface area contributed by atoms with Gasteiger partial charge >= 0.3 is 6.85 Å². The molecule has 3 heteroatoms. The van der Waals surface area contributed by atoms with Crippen LogP contribution in [0.2, 0.25) is 0 Å². The second-order valence-corrected chi connectivity index (χ2v) is 17.9. The minimum Gasteiger partial charge on any atom is -0.375 e. The molecule has 272 valence electrons. The molecular formula is C56H35BN2. The molecule has 59 heavy (non-hydrogen) atoms. The van der Waals surface area contributed by atoms with Crippen LogP contribution in [0.1, 0.15) is 47.2 Å². The summed E-state index contributed by atoms with van der Waals surface area (Å²) >= 11 is 0. The van der Waals surface area contributed by atoms with Gasteiger partial charge in [0.15, 0.2) is 0 Å². The Balaban J connectivity index is 1.17. The van der Waals surface area contributed by atoms with Gasteiger partial charge in [-0.1, -0.05) is 166 Å². The lowest BCUT2D eigenvalue weighted by atomic mass is 9.43. The molecule has 0 unspecified atom stereocenters. The van der Waals surface area contributed by atoms with Gasteiger partial charge in [0.05, 0.1) is 11.1 Å². The summed E-state index contributed by atoms with van der Waals surface area (Å²) in [6.07, 6.45) is 0. The van der Waals surface area contributed by atoms with E-state index in [1.807, 2.05) is 0 Å². The first kappa shape index (κ1) is 31.0. The number of rotatable bonds is 0. The van der Waals surface area contributed by atoms with Gasteiger partial charge in [-0.05, 0) is 107 Å². The maximum atomic E-state index is 2.74. The van der Waals surface area contributed by atoms with Crippen molar-refractivity contribution < 1.29 is 0 Å². The SMILES string of the molecule is CC1(C)c2ccccc2-c2c1cc1c3c2-c2cccc4c5cc6ccccc6cc5n(c24)B3c2cccc3c2N1c1ccccc1C31c2ccccc2-c2ccccc21. The summed E-state index contributed by atoms with van der Waals surface area (Å²) < 4.78 is 2.74. The molecule has 0 saturated heterocycles. The molecule has 15 rings (SSSR count). The van der Waals surface area contributed by atoms with E-state index in [0.717, 1.165) is 0 Å². The number of aromatic nitrogens is 1. The van der Waals surface area contributed by atoms with E-state index in [4.69, 9.17) is 0 Å². The van der Waals surface area contributed by atoms with Crippen molar-refractivity contribution in [2.75, 3.05) is 4.90 Å². The summed E-state index contributed by atoms with van der Waals surface area (Å²) in [5.41, 5.74) is 25.1. The zero-order chi connectivity index (χ0) is 38.5. The Morgan fingerprint density at radius 1 is 0.441 bits per heavy atom. The quantitative estimate of drug-likeness (QED) is 0.140. The number of fused-ring (bicyclic) bond motifs is 21. The van der Waals surface area contributed by atoms with Crippen molar-refractivity contribution in [1.29, 1.82) is 0 Å². The van der Waals surface area contributed by atoms with Gasteiger partial charge in [-0.2, -0.15) is 0 Å².